The van der Waals surface area contributed by atoms with E-state index in [9.17, 15) is 0 Å². The van der Waals surface area contributed by atoms with Gasteiger partial charge in [-0.1, -0.05) is 164 Å². The zero-order valence-corrected chi connectivity index (χ0v) is 27.2. The van der Waals surface area contributed by atoms with Crippen LogP contribution in [0.3, 0.4) is 0 Å². The van der Waals surface area contributed by atoms with Crippen LogP contribution < -0.4 is 0 Å². The molecule has 0 aliphatic carbocycles. The van der Waals surface area contributed by atoms with Crippen LogP contribution in [0.25, 0.3) is 89.1 Å². The first-order valence-electron chi connectivity index (χ1n) is 16.8. The van der Waals surface area contributed by atoms with Gasteiger partial charge in [-0.05, 0) is 79.2 Å². The number of fused-ring (bicyclic) bond motifs is 2. The highest BCUT2D eigenvalue weighted by molar-refractivity contribution is 5.92. The van der Waals surface area contributed by atoms with Crippen LogP contribution >= 0.6 is 0 Å². The molecule has 0 amide bonds. The van der Waals surface area contributed by atoms with Crippen molar-refractivity contribution in [2.45, 2.75) is 0 Å². The topological polar surface area (TPSA) is 38.7 Å². The van der Waals surface area contributed by atoms with Crippen molar-refractivity contribution in [3.8, 4) is 67.5 Å². The van der Waals surface area contributed by atoms with Crippen LogP contribution in [0.1, 0.15) is 0 Å². The van der Waals surface area contributed by atoms with Gasteiger partial charge in [0.05, 0.1) is 0 Å². The SMILES string of the molecule is c1ccc(-c2ccc(-c3nc(-c4ccccc4)nc(-c4ccc5cc(-c6cccc(-c7ccc8ccccc8c7)c6)ccc5c4)n3)cc2)cc1. The number of benzene rings is 8. The van der Waals surface area contributed by atoms with Crippen LogP contribution in [0.5, 0.6) is 0 Å². The first kappa shape index (κ1) is 29.4. The molecule has 0 bridgehead atoms. The Morgan fingerprint density at radius 3 is 1.16 bits per heavy atom. The van der Waals surface area contributed by atoms with Gasteiger partial charge in [0, 0.05) is 16.7 Å². The summed E-state index contributed by atoms with van der Waals surface area (Å²) in [6.45, 7) is 0. The van der Waals surface area contributed by atoms with E-state index in [1.807, 2.05) is 36.4 Å². The van der Waals surface area contributed by atoms with E-state index < -0.39 is 0 Å². The molecule has 0 saturated carbocycles. The second kappa shape index (κ2) is 12.7. The maximum atomic E-state index is 5.01. The minimum Gasteiger partial charge on any atom is -0.208 e. The lowest BCUT2D eigenvalue weighted by Gasteiger charge is -2.11. The standard InChI is InChI=1S/C47H31N3/c1-3-10-32(11-4-1)34-18-21-36(22-19-34)46-48-45(35-13-5-2-6-14-35)49-47(50-46)44-27-26-42-30-41(24-25-43(42)31-44)39-17-9-16-38(29-39)40-23-20-33-12-7-8-15-37(33)28-40/h1-31H. The number of hydrogen-bond acceptors (Lipinski definition) is 3. The van der Waals surface area contributed by atoms with Crippen molar-refractivity contribution in [3.63, 3.8) is 0 Å². The third-order valence-corrected chi connectivity index (χ3v) is 9.29. The molecule has 0 unspecified atom stereocenters. The fourth-order valence-electron chi connectivity index (χ4n) is 6.60. The monoisotopic (exact) mass is 637 g/mol. The number of nitrogens with zero attached hydrogens (tertiary/aromatic N) is 3. The largest absolute Gasteiger partial charge is 0.208 e. The molecular formula is C47H31N3. The molecule has 9 aromatic rings. The molecule has 1 aromatic heterocycles. The molecule has 0 fully saturated rings. The zero-order valence-electron chi connectivity index (χ0n) is 27.2. The summed E-state index contributed by atoms with van der Waals surface area (Å²) in [6.07, 6.45) is 0. The van der Waals surface area contributed by atoms with E-state index in [0.717, 1.165) is 33.0 Å². The molecular weight excluding hydrogens is 607 g/mol. The lowest BCUT2D eigenvalue weighted by molar-refractivity contribution is 1.07. The van der Waals surface area contributed by atoms with E-state index in [2.05, 4.69) is 152 Å². The van der Waals surface area contributed by atoms with Gasteiger partial charge in [0.1, 0.15) is 0 Å². The lowest BCUT2D eigenvalue weighted by atomic mass is 9.95. The molecule has 0 atom stereocenters. The Balaban J connectivity index is 1.06. The van der Waals surface area contributed by atoms with Crippen molar-refractivity contribution in [3.05, 3.63) is 188 Å². The minimum atomic E-state index is 0.648. The summed E-state index contributed by atoms with van der Waals surface area (Å²) in [7, 11) is 0. The second-order valence-corrected chi connectivity index (χ2v) is 12.5. The van der Waals surface area contributed by atoms with Gasteiger partial charge in [0.2, 0.25) is 0 Å². The van der Waals surface area contributed by atoms with Gasteiger partial charge in [0.25, 0.3) is 0 Å². The van der Waals surface area contributed by atoms with Gasteiger partial charge in [-0.2, -0.15) is 0 Å². The molecule has 0 aliphatic heterocycles. The van der Waals surface area contributed by atoms with Crippen LogP contribution in [-0.2, 0) is 0 Å². The second-order valence-electron chi connectivity index (χ2n) is 12.5. The molecule has 9 rings (SSSR count). The molecule has 3 heteroatoms. The van der Waals surface area contributed by atoms with Crippen molar-refractivity contribution < 1.29 is 0 Å². The van der Waals surface area contributed by atoms with E-state index in [1.54, 1.807) is 0 Å². The van der Waals surface area contributed by atoms with Gasteiger partial charge in [-0.25, -0.2) is 15.0 Å². The van der Waals surface area contributed by atoms with E-state index >= 15 is 0 Å². The molecule has 234 valence electrons. The molecule has 3 nitrogen and oxygen atoms in total. The summed E-state index contributed by atoms with van der Waals surface area (Å²) in [5, 5.41) is 4.80. The third-order valence-electron chi connectivity index (χ3n) is 9.29. The Morgan fingerprint density at radius 1 is 0.200 bits per heavy atom. The fourth-order valence-corrected chi connectivity index (χ4v) is 6.60. The summed E-state index contributed by atoms with van der Waals surface area (Å²) >= 11 is 0. The Labute approximate surface area is 291 Å². The van der Waals surface area contributed by atoms with Crippen molar-refractivity contribution in [1.82, 2.24) is 15.0 Å². The molecule has 0 aliphatic rings. The first-order chi connectivity index (χ1) is 24.7. The molecule has 0 spiro atoms. The Bertz CT molecular complexity index is 2630. The molecule has 8 aromatic carbocycles. The third kappa shape index (κ3) is 5.82. The Kier molecular flexibility index (Phi) is 7.49. The fraction of sp³-hybridized carbons (Fsp3) is 0. The van der Waals surface area contributed by atoms with Gasteiger partial charge in [0.15, 0.2) is 17.5 Å². The predicted octanol–water partition coefficient (Wildman–Crippen LogP) is 12.2. The number of rotatable bonds is 6. The van der Waals surface area contributed by atoms with Crippen LogP contribution in [0, 0.1) is 0 Å². The summed E-state index contributed by atoms with van der Waals surface area (Å²) in [5.41, 5.74) is 9.98. The quantitative estimate of drug-likeness (QED) is 0.182. The lowest BCUT2D eigenvalue weighted by Crippen LogP contribution is -2.00. The van der Waals surface area contributed by atoms with Crippen molar-refractivity contribution in [2.24, 2.45) is 0 Å². The van der Waals surface area contributed by atoms with Gasteiger partial charge >= 0.3 is 0 Å². The number of aromatic nitrogens is 3. The average molecular weight is 638 g/mol. The van der Waals surface area contributed by atoms with Crippen LogP contribution in [-0.4, -0.2) is 15.0 Å². The molecule has 0 N–H and O–H groups in total. The van der Waals surface area contributed by atoms with Crippen LogP contribution in [0.4, 0.5) is 0 Å². The highest BCUT2D eigenvalue weighted by Crippen LogP contribution is 2.33. The normalized spacial score (nSPS) is 11.2. The van der Waals surface area contributed by atoms with Crippen LogP contribution in [0.2, 0.25) is 0 Å². The van der Waals surface area contributed by atoms with Crippen molar-refractivity contribution in [2.75, 3.05) is 0 Å². The van der Waals surface area contributed by atoms with Gasteiger partial charge < -0.3 is 0 Å². The van der Waals surface area contributed by atoms with Gasteiger partial charge in [-0.3, -0.25) is 0 Å². The van der Waals surface area contributed by atoms with E-state index in [4.69, 9.17) is 15.0 Å². The molecule has 0 radical (unpaired) electrons. The van der Waals surface area contributed by atoms with Crippen molar-refractivity contribution in [1.29, 1.82) is 0 Å². The van der Waals surface area contributed by atoms with Gasteiger partial charge in [-0.15, -0.1) is 0 Å². The Hall–Kier alpha value is -6.71. The summed E-state index contributed by atoms with van der Waals surface area (Å²) in [6, 6.07) is 66.0. The maximum Gasteiger partial charge on any atom is 0.164 e. The average Bonchev–Trinajstić information content (AvgIpc) is 3.21. The van der Waals surface area contributed by atoms with E-state index in [1.165, 1.54) is 38.6 Å². The van der Waals surface area contributed by atoms with Crippen LogP contribution in [0.15, 0.2) is 188 Å². The molecule has 50 heavy (non-hydrogen) atoms. The van der Waals surface area contributed by atoms with E-state index in [-0.39, 0.29) is 0 Å². The molecule has 1 heterocycles. The highest BCUT2D eigenvalue weighted by Gasteiger charge is 2.13. The zero-order chi connectivity index (χ0) is 33.3. The summed E-state index contributed by atoms with van der Waals surface area (Å²) < 4.78 is 0. The van der Waals surface area contributed by atoms with E-state index in [0.29, 0.717) is 17.5 Å². The smallest absolute Gasteiger partial charge is 0.164 e. The molecule has 0 saturated heterocycles. The predicted molar refractivity (Wildman–Crippen MR) is 207 cm³/mol. The summed E-state index contributed by atoms with van der Waals surface area (Å²) in [5.74, 6) is 1.95. The highest BCUT2D eigenvalue weighted by atomic mass is 15.0. The van der Waals surface area contributed by atoms with Crippen molar-refractivity contribution >= 4 is 21.5 Å². The maximum absolute atomic E-state index is 5.01. The summed E-state index contributed by atoms with van der Waals surface area (Å²) in [4.78, 5) is 14.9. The Morgan fingerprint density at radius 2 is 0.540 bits per heavy atom. The number of hydrogen-bond donors (Lipinski definition) is 0. The minimum absolute atomic E-state index is 0.648. The first-order valence-corrected chi connectivity index (χ1v) is 16.8.